The Morgan fingerprint density at radius 3 is 2.36 bits per heavy atom. The second kappa shape index (κ2) is 6.99. The second-order valence-corrected chi connectivity index (χ2v) is 7.54. The Hall–Kier alpha value is -1.10. The van der Waals surface area contributed by atoms with Gasteiger partial charge in [-0.25, -0.2) is 0 Å². The topological polar surface area (TPSA) is 67.8 Å². The summed E-state index contributed by atoms with van der Waals surface area (Å²) in [5.74, 6) is 1.79. The Morgan fingerprint density at radius 2 is 1.68 bits per heavy atom. The van der Waals surface area contributed by atoms with Crippen molar-refractivity contribution in [2.45, 2.75) is 44.9 Å². The zero-order valence-corrected chi connectivity index (χ0v) is 13.6. The van der Waals surface area contributed by atoms with Crippen LogP contribution in [0.5, 0.6) is 0 Å². The molecule has 3 fully saturated rings. The molecular weight excluding hydrogens is 278 g/mol. The summed E-state index contributed by atoms with van der Waals surface area (Å²) in [5, 5.41) is 0. The average molecular weight is 308 g/mol. The molecule has 0 aromatic rings. The molecule has 1 saturated carbocycles. The molecule has 2 atom stereocenters. The quantitative estimate of drug-likeness (QED) is 0.758. The maximum atomic E-state index is 12.6. The minimum absolute atomic E-state index is 0.0248. The summed E-state index contributed by atoms with van der Waals surface area (Å²) in [7, 11) is 0. The highest BCUT2D eigenvalue weighted by Gasteiger charge is 2.34. The minimum atomic E-state index is -0.176. The minimum Gasteiger partial charge on any atom is -0.369 e. The van der Waals surface area contributed by atoms with Gasteiger partial charge in [0.25, 0.3) is 5.91 Å². The standard InChI is InChI=1S/C17H29N3O2/c18-17(22)14-5-8-19(9-6-14)12-16(21)20-10-7-13-3-1-2-4-15(13)11-20/h13-15H,1-12H2,(H2,18,22)/p+1/t13-,15-/m1/s1. The molecule has 0 aromatic heterocycles. The van der Waals surface area contributed by atoms with Crippen LogP contribution >= 0.6 is 0 Å². The van der Waals surface area contributed by atoms with E-state index in [2.05, 4.69) is 4.90 Å². The molecule has 0 spiro atoms. The van der Waals surface area contributed by atoms with Gasteiger partial charge in [0.15, 0.2) is 6.54 Å². The summed E-state index contributed by atoms with van der Waals surface area (Å²) < 4.78 is 0. The Balaban J connectivity index is 1.45. The number of nitrogens with two attached hydrogens (primary N) is 1. The van der Waals surface area contributed by atoms with Gasteiger partial charge in [-0.3, -0.25) is 9.59 Å². The average Bonchev–Trinajstić information content (AvgIpc) is 2.55. The first-order valence-corrected chi connectivity index (χ1v) is 9.04. The summed E-state index contributed by atoms with van der Waals surface area (Å²) in [6.45, 7) is 4.35. The van der Waals surface area contributed by atoms with Crippen molar-refractivity contribution in [3.63, 3.8) is 0 Å². The largest absolute Gasteiger partial charge is 0.369 e. The van der Waals surface area contributed by atoms with Crippen molar-refractivity contribution >= 4 is 11.8 Å². The number of hydrogen-bond donors (Lipinski definition) is 2. The first-order valence-electron chi connectivity index (χ1n) is 9.04. The third-order valence-corrected chi connectivity index (χ3v) is 6.14. The Bertz CT molecular complexity index is 418. The Morgan fingerprint density at radius 1 is 1.00 bits per heavy atom. The van der Waals surface area contributed by atoms with Gasteiger partial charge in [0.2, 0.25) is 5.91 Å². The van der Waals surface area contributed by atoms with Crippen molar-refractivity contribution < 1.29 is 14.5 Å². The van der Waals surface area contributed by atoms with E-state index in [0.29, 0.717) is 12.5 Å². The molecule has 1 aliphatic carbocycles. The van der Waals surface area contributed by atoms with E-state index in [9.17, 15) is 9.59 Å². The Labute approximate surface area is 133 Å². The number of likely N-dealkylation sites (tertiary alicyclic amines) is 2. The van der Waals surface area contributed by atoms with E-state index in [1.165, 1.54) is 37.0 Å². The van der Waals surface area contributed by atoms with Gasteiger partial charge < -0.3 is 15.5 Å². The van der Waals surface area contributed by atoms with Gasteiger partial charge >= 0.3 is 0 Å². The van der Waals surface area contributed by atoms with Crippen LogP contribution in [-0.2, 0) is 9.59 Å². The van der Waals surface area contributed by atoms with Crippen molar-refractivity contribution in [1.29, 1.82) is 0 Å². The molecule has 0 bridgehead atoms. The van der Waals surface area contributed by atoms with Gasteiger partial charge in [-0.15, -0.1) is 0 Å². The zero-order chi connectivity index (χ0) is 15.5. The van der Waals surface area contributed by atoms with Crippen molar-refractivity contribution in [2.75, 3.05) is 32.7 Å². The lowest BCUT2D eigenvalue weighted by atomic mass is 9.75. The summed E-state index contributed by atoms with van der Waals surface area (Å²) in [6, 6.07) is 0. The number of primary amides is 1. The fourth-order valence-corrected chi connectivity index (χ4v) is 4.64. The normalized spacial score (nSPS) is 35.7. The highest BCUT2D eigenvalue weighted by molar-refractivity contribution is 5.77. The molecule has 0 unspecified atom stereocenters. The van der Waals surface area contributed by atoms with Gasteiger partial charge in [0.1, 0.15) is 0 Å². The van der Waals surface area contributed by atoms with E-state index in [0.717, 1.165) is 50.9 Å². The highest BCUT2D eigenvalue weighted by Crippen LogP contribution is 2.35. The van der Waals surface area contributed by atoms with Crippen molar-refractivity contribution in [3.05, 3.63) is 0 Å². The number of fused-ring (bicyclic) bond motifs is 1. The summed E-state index contributed by atoms with van der Waals surface area (Å²) in [6.07, 6.45) is 8.29. The lowest BCUT2D eigenvalue weighted by Crippen LogP contribution is -3.14. The molecule has 3 aliphatic rings. The number of rotatable bonds is 3. The predicted molar refractivity (Wildman–Crippen MR) is 84.1 cm³/mol. The zero-order valence-electron chi connectivity index (χ0n) is 13.6. The van der Waals surface area contributed by atoms with Crippen molar-refractivity contribution in [1.82, 2.24) is 4.90 Å². The van der Waals surface area contributed by atoms with Crippen molar-refractivity contribution in [2.24, 2.45) is 23.5 Å². The van der Waals surface area contributed by atoms with Crippen LogP contribution in [0.1, 0.15) is 44.9 Å². The summed E-state index contributed by atoms with van der Waals surface area (Å²) >= 11 is 0. The van der Waals surface area contributed by atoms with E-state index in [1.54, 1.807) is 0 Å². The van der Waals surface area contributed by atoms with E-state index in [-0.39, 0.29) is 11.8 Å². The smallest absolute Gasteiger partial charge is 0.277 e. The lowest BCUT2D eigenvalue weighted by molar-refractivity contribution is -0.898. The maximum Gasteiger partial charge on any atom is 0.277 e. The summed E-state index contributed by atoms with van der Waals surface area (Å²) in [4.78, 5) is 27.2. The van der Waals surface area contributed by atoms with Gasteiger partial charge in [-0.2, -0.15) is 0 Å². The third-order valence-electron chi connectivity index (χ3n) is 6.14. The molecule has 3 rings (SSSR count). The second-order valence-electron chi connectivity index (χ2n) is 7.54. The molecule has 2 amide bonds. The molecule has 2 saturated heterocycles. The lowest BCUT2D eigenvalue weighted by Gasteiger charge is -2.41. The third kappa shape index (κ3) is 3.62. The van der Waals surface area contributed by atoms with Crippen LogP contribution < -0.4 is 10.6 Å². The van der Waals surface area contributed by atoms with Gasteiger partial charge in [0, 0.05) is 31.8 Å². The number of piperidine rings is 2. The fourth-order valence-electron chi connectivity index (χ4n) is 4.64. The molecule has 124 valence electrons. The summed E-state index contributed by atoms with van der Waals surface area (Å²) in [5.41, 5.74) is 5.37. The fraction of sp³-hybridized carbons (Fsp3) is 0.882. The maximum absolute atomic E-state index is 12.6. The van der Waals surface area contributed by atoms with Gasteiger partial charge in [0.05, 0.1) is 13.1 Å². The van der Waals surface area contributed by atoms with Crippen LogP contribution in [-0.4, -0.2) is 49.4 Å². The first-order chi connectivity index (χ1) is 10.6. The van der Waals surface area contributed by atoms with E-state index in [1.807, 2.05) is 0 Å². The van der Waals surface area contributed by atoms with E-state index >= 15 is 0 Å². The number of quaternary nitrogens is 1. The van der Waals surface area contributed by atoms with Crippen molar-refractivity contribution in [3.8, 4) is 0 Å². The van der Waals surface area contributed by atoms with Crippen LogP contribution in [0, 0.1) is 17.8 Å². The van der Waals surface area contributed by atoms with Crippen LogP contribution in [0.15, 0.2) is 0 Å². The molecule has 0 radical (unpaired) electrons. The number of amides is 2. The molecule has 22 heavy (non-hydrogen) atoms. The molecule has 3 N–H and O–H groups in total. The molecule has 2 heterocycles. The monoisotopic (exact) mass is 308 g/mol. The Kier molecular flexibility index (Phi) is 5.01. The van der Waals surface area contributed by atoms with Gasteiger partial charge in [-0.05, 0) is 24.7 Å². The van der Waals surface area contributed by atoms with Crippen LogP contribution in [0.3, 0.4) is 0 Å². The molecule has 2 aliphatic heterocycles. The van der Waals surface area contributed by atoms with Crippen LogP contribution in [0.4, 0.5) is 0 Å². The molecular formula is C17H30N3O2+. The number of carbonyl (C=O) groups excluding carboxylic acids is 2. The number of nitrogens with one attached hydrogen (secondary N) is 1. The SMILES string of the molecule is NC(=O)C1CC[NH+](CC(=O)N2CC[C@H]3CCCC[C@@H]3C2)CC1. The van der Waals surface area contributed by atoms with E-state index in [4.69, 9.17) is 5.73 Å². The highest BCUT2D eigenvalue weighted by atomic mass is 16.2. The molecule has 5 heteroatoms. The van der Waals surface area contributed by atoms with Crippen LogP contribution in [0.2, 0.25) is 0 Å². The van der Waals surface area contributed by atoms with E-state index < -0.39 is 0 Å². The number of nitrogens with zero attached hydrogens (tertiary/aromatic N) is 1. The molecule has 0 aromatic carbocycles. The first kappa shape index (κ1) is 15.8. The number of carbonyl (C=O) groups is 2. The number of hydrogen-bond acceptors (Lipinski definition) is 2. The molecule has 5 nitrogen and oxygen atoms in total. The van der Waals surface area contributed by atoms with Crippen LogP contribution in [0.25, 0.3) is 0 Å². The van der Waals surface area contributed by atoms with Gasteiger partial charge in [-0.1, -0.05) is 19.3 Å². The predicted octanol–water partition coefficient (Wildman–Crippen LogP) is -0.195.